The van der Waals surface area contributed by atoms with E-state index in [0.717, 1.165) is 0 Å². The van der Waals surface area contributed by atoms with Gasteiger partial charge in [-0.2, -0.15) is 18.4 Å². The van der Waals surface area contributed by atoms with E-state index in [1.165, 1.54) is 25.3 Å². The van der Waals surface area contributed by atoms with Gasteiger partial charge in [-0.3, -0.25) is 0 Å². The molecular formula is C10H8F3NO2. The molecule has 0 heterocycles. The third kappa shape index (κ3) is 3.35. The highest BCUT2D eigenvalue weighted by atomic mass is 19.4. The van der Waals surface area contributed by atoms with Crippen LogP contribution in [0, 0.1) is 11.3 Å². The van der Waals surface area contributed by atoms with Crippen LogP contribution in [0.2, 0.25) is 0 Å². The van der Waals surface area contributed by atoms with Crippen LogP contribution in [0.4, 0.5) is 13.2 Å². The molecule has 0 spiro atoms. The van der Waals surface area contributed by atoms with E-state index in [1.54, 1.807) is 6.07 Å². The first-order chi connectivity index (χ1) is 7.46. The molecule has 6 heteroatoms. The van der Waals surface area contributed by atoms with Gasteiger partial charge in [0.2, 0.25) is 0 Å². The maximum atomic E-state index is 11.9. The zero-order chi connectivity index (χ0) is 12.2. The van der Waals surface area contributed by atoms with E-state index in [2.05, 4.69) is 4.74 Å². The number of nitrogens with zero attached hydrogens (tertiary/aromatic N) is 1. The summed E-state index contributed by atoms with van der Waals surface area (Å²) in [5.74, 6) is 0.0575. The number of ether oxygens (including phenoxy) is 2. The molecule has 0 aliphatic rings. The van der Waals surface area contributed by atoms with Crippen LogP contribution in [0.5, 0.6) is 11.5 Å². The van der Waals surface area contributed by atoms with Crippen LogP contribution in [-0.4, -0.2) is 19.9 Å². The van der Waals surface area contributed by atoms with Crippen LogP contribution in [0.15, 0.2) is 18.2 Å². The molecule has 0 unspecified atom stereocenters. The molecule has 3 nitrogen and oxygen atoms in total. The van der Waals surface area contributed by atoms with Crippen LogP contribution >= 0.6 is 0 Å². The number of methoxy groups -OCH3 is 1. The zero-order valence-electron chi connectivity index (χ0n) is 8.34. The summed E-state index contributed by atoms with van der Waals surface area (Å²) < 4.78 is 45.1. The summed E-state index contributed by atoms with van der Waals surface area (Å²) in [5, 5.41) is 8.59. The molecule has 0 N–H and O–H groups in total. The van der Waals surface area contributed by atoms with Crippen molar-refractivity contribution in [1.29, 1.82) is 5.26 Å². The minimum atomic E-state index is -4.42. The maximum Gasteiger partial charge on any atom is 0.422 e. The van der Waals surface area contributed by atoms with Crippen molar-refractivity contribution < 1.29 is 22.6 Å². The lowest BCUT2D eigenvalue weighted by atomic mass is 10.2. The number of hydrogen-bond acceptors (Lipinski definition) is 3. The van der Waals surface area contributed by atoms with Gasteiger partial charge in [0.05, 0.1) is 18.7 Å². The first-order valence-corrected chi connectivity index (χ1v) is 4.24. The summed E-state index contributed by atoms with van der Waals surface area (Å²) in [6.45, 7) is -1.42. The van der Waals surface area contributed by atoms with E-state index in [1.807, 2.05) is 0 Å². The largest absolute Gasteiger partial charge is 0.493 e. The predicted molar refractivity (Wildman–Crippen MR) is 49.3 cm³/mol. The smallest absolute Gasteiger partial charge is 0.422 e. The summed E-state index contributed by atoms with van der Waals surface area (Å²) >= 11 is 0. The number of hydrogen-bond donors (Lipinski definition) is 0. The Kier molecular flexibility index (Phi) is 3.61. The molecule has 0 radical (unpaired) electrons. The molecule has 1 rings (SSSR count). The number of nitriles is 1. The first kappa shape index (κ1) is 12.2. The van der Waals surface area contributed by atoms with Gasteiger partial charge in [0, 0.05) is 6.07 Å². The zero-order valence-corrected chi connectivity index (χ0v) is 8.34. The van der Waals surface area contributed by atoms with Gasteiger partial charge in [-0.25, -0.2) is 0 Å². The maximum absolute atomic E-state index is 11.9. The van der Waals surface area contributed by atoms with Crippen LogP contribution in [0.3, 0.4) is 0 Å². The van der Waals surface area contributed by atoms with Crippen LogP contribution in [0.25, 0.3) is 0 Å². The first-order valence-electron chi connectivity index (χ1n) is 4.24. The molecule has 0 amide bonds. The van der Waals surface area contributed by atoms with Gasteiger partial charge < -0.3 is 9.47 Å². The standard InChI is InChI=1S/C10H8F3NO2/c1-15-8-3-2-7(5-14)4-9(8)16-6-10(11,12)13/h2-4H,6H2,1H3. The van der Waals surface area contributed by atoms with E-state index in [-0.39, 0.29) is 17.1 Å². The van der Waals surface area contributed by atoms with Crippen molar-refractivity contribution in [2.24, 2.45) is 0 Å². The molecule has 0 saturated heterocycles. The lowest BCUT2D eigenvalue weighted by Crippen LogP contribution is -2.19. The minimum Gasteiger partial charge on any atom is -0.493 e. The van der Waals surface area contributed by atoms with Crippen LogP contribution in [0.1, 0.15) is 5.56 Å². The summed E-state index contributed by atoms with van der Waals surface area (Å²) in [6, 6.07) is 5.81. The van der Waals surface area contributed by atoms with E-state index in [0.29, 0.717) is 0 Å². The van der Waals surface area contributed by atoms with Gasteiger partial charge in [-0.1, -0.05) is 0 Å². The van der Waals surface area contributed by atoms with Crippen LogP contribution < -0.4 is 9.47 Å². The summed E-state index contributed by atoms with van der Waals surface area (Å²) in [7, 11) is 1.31. The molecule has 0 aliphatic heterocycles. The molecule has 86 valence electrons. The topological polar surface area (TPSA) is 42.2 Å². The predicted octanol–water partition coefficient (Wildman–Crippen LogP) is 2.51. The monoisotopic (exact) mass is 231 g/mol. The Balaban J connectivity index is 2.88. The van der Waals surface area contributed by atoms with E-state index in [4.69, 9.17) is 10.00 Å². The Labute approximate surface area is 90.0 Å². The molecule has 0 bridgehead atoms. The van der Waals surface area contributed by atoms with Crippen molar-refractivity contribution in [2.45, 2.75) is 6.18 Å². The highest BCUT2D eigenvalue weighted by Gasteiger charge is 2.29. The van der Waals surface area contributed by atoms with Crippen molar-refractivity contribution >= 4 is 0 Å². The Morgan fingerprint density at radius 3 is 2.50 bits per heavy atom. The van der Waals surface area contributed by atoms with Gasteiger partial charge in [0.15, 0.2) is 18.1 Å². The number of halogens is 3. The second-order valence-electron chi connectivity index (χ2n) is 2.88. The number of benzene rings is 1. The molecule has 0 fully saturated rings. The van der Waals surface area contributed by atoms with Crippen molar-refractivity contribution in [3.05, 3.63) is 23.8 Å². The summed E-state index contributed by atoms with van der Waals surface area (Å²) in [6.07, 6.45) is -4.42. The average molecular weight is 231 g/mol. The molecule has 1 aromatic rings. The third-order valence-electron chi connectivity index (χ3n) is 1.68. The molecule has 0 atom stereocenters. The van der Waals surface area contributed by atoms with Gasteiger partial charge in [0.25, 0.3) is 0 Å². The van der Waals surface area contributed by atoms with E-state index >= 15 is 0 Å². The van der Waals surface area contributed by atoms with E-state index in [9.17, 15) is 13.2 Å². The molecule has 0 aromatic heterocycles. The summed E-state index contributed by atoms with van der Waals surface area (Å²) in [5.41, 5.74) is 0.206. The fraction of sp³-hybridized carbons (Fsp3) is 0.300. The van der Waals surface area contributed by atoms with Crippen molar-refractivity contribution in [1.82, 2.24) is 0 Å². The Morgan fingerprint density at radius 2 is 2.00 bits per heavy atom. The summed E-state index contributed by atoms with van der Waals surface area (Å²) in [4.78, 5) is 0. The van der Waals surface area contributed by atoms with Gasteiger partial charge >= 0.3 is 6.18 Å². The molecular weight excluding hydrogens is 223 g/mol. The van der Waals surface area contributed by atoms with Crippen molar-refractivity contribution in [3.63, 3.8) is 0 Å². The normalized spacial score (nSPS) is 10.7. The van der Waals surface area contributed by atoms with Crippen molar-refractivity contribution in [2.75, 3.05) is 13.7 Å². The van der Waals surface area contributed by atoms with Crippen molar-refractivity contribution in [3.8, 4) is 17.6 Å². The van der Waals surface area contributed by atoms with Gasteiger partial charge in [-0.05, 0) is 12.1 Å². The molecule has 1 aromatic carbocycles. The Bertz CT molecular complexity index is 410. The molecule has 0 aliphatic carbocycles. The highest BCUT2D eigenvalue weighted by molar-refractivity contribution is 5.46. The molecule has 16 heavy (non-hydrogen) atoms. The second-order valence-corrected chi connectivity index (χ2v) is 2.88. The lowest BCUT2D eigenvalue weighted by Gasteiger charge is -2.12. The lowest BCUT2D eigenvalue weighted by molar-refractivity contribution is -0.153. The fourth-order valence-corrected chi connectivity index (χ4v) is 1.02. The van der Waals surface area contributed by atoms with Crippen LogP contribution in [-0.2, 0) is 0 Å². The second kappa shape index (κ2) is 4.75. The SMILES string of the molecule is COc1ccc(C#N)cc1OCC(F)(F)F. The van der Waals surface area contributed by atoms with Gasteiger partial charge in [0.1, 0.15) is 0 Å². The number of rotatable bonds is 3. The van der Waals surface area contributed by atoms with Gasteiger partial charge in [-0.15, -0.1) is 0 Å². The quantitative estimate of drug-likeness (QED) is 0.802. The third-order valence-corrected chi connectivity index (χ3v) is 1.68. The minimum absolute atomic E-state index is 0.0983. The number of alkyl halides is 3. The van der Waals surface area contributed by atoms with E-state index < -0.39 is 12.8 Å². The molecule has 0 saturated carbocycles. The highest BCUT2D eigenvalue weighted by Crippen LogP contribution is 2.29. The Hall–Kier alpha value is -1.90. The Morgan fingerprint density at radius 1 is 1.31 bits per heavy atom. The fourth-order valence-electron chi connectivity index (χ4n) is 1.02. The average Bonchev–Trinajstić information content (AvgIpc) is 2.25.